The second kappa shape index (κ2) is 4.10. The Morgan fingerprint density at radius 2 is 1.50 bits per heavy atom. The van der Waals surface area contributed by atoms with Crippen LogP contribution in [-0.4, -0.2) is 0 Å². The van der Waals surface area contributed by atoms with Gasteiger partial charge in [-0.1, -0.05) is 20.7 Å². The maximum atomic E-state index is 10.0. The maximum absolute atomic E-state index is 10.0. The monoisotopic (exact) mass is 173 g/mol. The molecule has 1 aromatic heterocycles. The van der Waals surface area contributed by atoms with E-state index in [1.807, 2.05) is 0 Å². The van der Waals surface area contributed by atoms with E-state index >= 15 is 0 Å². The Morgan fingerprint density at radius 3 is 1.62 bits per heavy atom. The molecule has 3 nitrogen and oxygen atoms in total. The summed E-state index contributed by atoms with van der Waals surface area (Å²) in [6.07, 6.45) is 0. The Hall–Kier alpha value is 1.22. The van der Waals surface area contributed by atoms with E-state index in [1.54, 1.807) is 0 Å². The van der Waals surface area contributed by atoms with Gasteiger partial charge in [0.25, 0.3) is 0 Å². The van der Waals surface area contributed by atoms with Gasteiger partial charge in [0.1, 0.15) is 9.75 Å². The molecule has 0 amide bonds. The van der Waals surface area contributed by atoms with Crippen molar-refractivity contribution in [3.05, 3.63) is 19.3 Å². The molecule has 0 bridgehead atoms. The van der Waals surface area contributed by atoms with Crippen LogP contribution >= 0.6 is 20.7 Å². The SMILES string of the molecule is O=c1[n-]c(=O)ss1.[K+]. The van der Waals surface area contributed by atoms with E-state index in [9.17, 15) is 9.59 Å². The topological polar surface area (TPSA) is 48.2 Å². The third kappa shape index (κ3) is 2.67. The first-order valence-corrected chi connectivity index (χ1v) is 3.58. The Balaban J connectivity index is 0.000000490. The van der Waals surface area contributed by atoms with E-state index in [0.717, 1.165) is 20.7 Å². The molecule has 0 N–H and O–H groups in total. The van der Waals surface area contributed by atoms with E-state index < -0.39 is 9.75 Å². The van der Waals surface area contributed by atoms with Crippen LogP contribution in [0.1, 0.15) is 0 Å². The summed E-state index contributed by atoms with van der Waals surface area (Å²) in [6, 6.07) is 0. The Morgan fingerprint density at radius 1 is 1.12 bits per heavy atom. The predicted octanol–water partition coefficient (Wildman–Crippen LogP) is -3.51. The molecule has 0 aliphatic heterocycles. The average Bonchev–Trinajstić information content (AvgIpc) is 1.87. The van der Waals surface area contributed by atoms with Gasteiger partial charge in [0.05, 0.1) is 0 Å². The summed E-state index contributed by atoms with van der Waals surface area (Å²) >= 11 is 0. The van der Waals surface area contributed by atoms with E-state index in [1.165, 1.54) is 0 Å². The summed E-state index contributed by atoms with van der Waals surface area (Å²) in [4.78, 5) is 22.3. The fraction of sp³-hybridized carbons (Fsp3) is 0. The van der Waals surface area contributed by atoms with Gasteiger partial charge in [-0.15, -0.1) is 0 Å². The Labute approximate surface area is 94.6 Å². The third-order valence-corrected chi connectivity index (χ3v) is 2.02. The van der Waals surface area contributed by atoms with Crippen LogP contribution in [0, 0.1) is 0 Å². The van der Waals surface area contributed by atoms with Gasteiger partial charge in [-0.25, -0.2) is 0 Å². The van der Waals surface area contributed by atoms with Crippen molar-refractivity contribution >= 4 is 20.7 Å². The van der Waals surface area contributed by atoms with Gasteiger partial charge < -0.3 is 14.6 Å². The molecular formula is C2KNO2S2. The molecule has 6 heteroatoms. The molecule has 0 saturated heterocycles. The Kier molecular flexibility index (Phi) is 4.72. The molecule has 1 heterocycles. The minimum Gasteiger partial charge on any atom is -0.569 e. The largest absolute Gasteiger partial charge is 1.00 e. The minimum absolute atomic E-state index is 0. The molecule has 0 atom stereocenters. The molecule has 0 radical (unpaired) electrons. The van der Waals surface area contributed by atoms with Crippen molar-refractivity contribution < 1.29 is 51.4 Å². The average molecular weight is 173 g/mol. The summed E-state index contributed by atoms with van der Waals surface area (Å²) in [5.41, 5.74) is 0. The van der Waals surface area contributed by atoms with Crippen LogP contribution in [-0.2, 0) is 0 Å². The first-order valence-electron chi connectivity index (χ1n) is 1.43. The van der Waals surface area contributed by atoms with Crippen molar-refractivity contribution in [2.24, 2.45) is 0 Å². The molecule has 0 aliphatic rings. The standard InChI is InChI=1S/C2HNO2S2.K/c4-1-3-2(5)7-6-1;/h(H,3,4,5);/q;+1/p-1. The quantitative estimate of drug-likeness (QED) is 0.302. The molecule has 0 aromatic carbocycles. The zero-order chi connectivity index (χ0) is 5.28. The molecule has 1 aromatic rings. The van der Waals surface area contributed by atoms with Crippen LogP contribution in [0.3, 0.4) is 0 Å². The first kappa shape index (κ1) is 9.22. The van der Waals surface area contributed by atoms with Crippen LogP contribution in [0.4, 0.5) is 0 Å². The molecule has 8 heavy (non-hydrogen) atoms. The predicted molar refractivity (Wildman–Crippen MR) is 28.1 cm³/mol. The molecule has 0 aliphatic carbocycles. The van der Waals surface area contributed by atoms with Gasteiger partial charge >= 0.3 is 51.4 Å². The fourth-order valence-corrected chi connectivity index (χ4v) is 1.28. The number of aromatic nitrogens is 1. The number of hydrogen-bond acceptors (Lipinski definition) is 4. The Bertz CT molecular complexity index is 222. The smallest absolute Gasteiger partial charge is 0.569 e. The normalized spacial score (nSPS) is 8.00. The summed E-state index contributed by atoms with van der Waals surface area (Å²) in [7, 11) is 1.73. The summed E-state index contributed by atoms with van der Waals surface area (Å²) in [6.45, 7) is 0. The van der Waals surface area contributed by atoms with Crippen LogP contribution in [0.5, 0.6) is 0 Å². The van der Waals surface area contributed by atoms with Crippen LogP contribution in [0.25, 0.3) is 0 Å². The first-order chi connectivity index (χ1) is 3.29. The molecular weight excluding hydrogens is 173 g/mol. The maximum Gasteiger partial charge on any atom is 1.00 e. The molecule has 0 spiro atoms. The van der Waals surface area contributed by atoms with Crippen molar-refractivity contribution in [3.8, 4) is 0 Å². The molecule has 1 rings (SSSR count). The molecule has 38 valence electrons. The number of nitrogens with zero attached hydrogens (tertiary/aromatic N) is 1. The van der Waals surface area contributed by atoms with E-state index in [4.69, 9.17) is 0 Å². The second-order valence-corrected chi connectivity index (χ2v) is 2.84. The fourth-order valence-electron chi connectivity index (χ4n) is 0.183. The molecule has 0 unspecified atom stereocenters. The molecule has 0 saturated carbocycles. The second-order valence-electron chi connectivity index (χ2n) is 0.810. The van der Waals surface area contributed by atoms with Gasteiger partial charge in [0, 0.05) is 0 Å². The van der Waals surface area contributed by atoms with Gasteiger partial charge in [0.15, 0.2) is 0 Å². The number of rotatable bonds is 0. The van der Waals surface area contributed by atoms with Crippen LogP contribution in [0.15, 0.2) is 9.59 Å². The van der Waals surface area contributed by atoms with Gasteiger partial charge in [-0.05, 0) is 0 Å². The van der Waals surface area contributed by atoms with Crippen molar-refractivity contribution in [1.29, 1.82) is 0 Å². The third-order valence-electron chi connectivity index (χ3n) is 0.367. The molecule has 0 fully saturated rings. The van der Waals surface area contributed by atoms with Crippen LogP contribution in [0.2, 0.25) is 0 Å². The number of hydrogen-bond donors (Lipinski definition) is 0. The van der Waals surface area contributed by atoms with Gasteiger partial charge in [-0.2, -0.15) is 0 Å². The zero-order valence-corrected chi connectivity index (χ0v) is 8.84. The van der Waals surface area contributed by atoms with Gasteiger partial charge in [0.2, 0.25) is 0 Å². The van der Waals surface area contributed by atoms with Crippen molar-refractivity contribution in [2.45, 2.75) is 0 Å². The van der Waals surface area contributed by atoms with Crippen molar-refractivity contribution in [1.82, 2.24) is 4.98 Å². The summed E-state index contributed by atoms with van der Waals surface area (Å²) < 4.78 is 0. The van der Waals surface area contributed by atoms with E-state index in [2.05, 4.69) is 4.98 Å². The summed E-state index contributed by atoms with van der Waals surface area (Å²) in [5.74, 6) is 0. The minimum atomic E-state index is -0.394. The van der Waals surface area contributed by atoms with E-state index in [0.29, 0.717) is 0 Å². The van der Waals surface area contributed by atoms with Crippen LogP contribution < -0.4 is 66.1 Å². The summed E-state index contributed by atoms with van der Waals surface area (Å²) in [5, 5.41) is 0. The van der Waals surface area contributed by atoms with Gasteiger partial charge in [-0.3, -0.25) is 0 Å². The van der Waals surface area contributed by atoms with Crippen molar-refractivity contribution in [2.75, 3.05) is 0 Å². The zero-order valence-electron chi connectivity index (χ0n) is 4.08. The van der Waals surface area contributed by atoms with E-state index in [-0.39, 0.29) is 51.4 Å². The van der Waals surface area contributed by atoms with Crippen molar-refractivity contribution in [3.63, 3.8) is 0 Å².